The monoisotopic (exact) mass is 104 g/mol. The summed E-state index contributed by atoms with van der Waals surface area (Å²) in [5.41, 5.74) is 0. The average Bonchev–Trinajstić information content (AvgIpc) is 1.72. The Morgan fingerprint density at radius 1 is 0.857 bits per heavy atom. The van der Waals surface area contributed by atoms with Crippen LogP contribution in [-0.4, -0.2) is 11.0 Å². The average molecular weight is 104 g/mol. The van der Waals surface area contributed by atoms with Gasteiger partial charge in [-0.15, -0.1) is 0 Å². The summed E-state index contributed by atoms with van der Waals surface area (Å²) in [6, 6.07) is 13.0. The first-order valence-corrected chi connectivity index (χ1v) is 1.83. The van der Waals surface area contributed by atoms with Gasteiger partial charge in [-0.05, 0) is 12.1 Å². The lowest BCUT2D eigenvalue weighted by Gasteiger charge is -1.61. The van der Waals surface area contributed by atoms with Gasteiger partial charge in [0.2, 0.25) is 0 Å². The van der Waals surface area contributed by atoms with Gasteiger partial charge in [-0.25, -0.2) is 0 Å². The molecule has 0 heterocycles. The quantitative estimate of drug-likeness (QED) is 0.429. The zero-order chi connectivity index (χ0) is 4.24. The summed E-state index contributed by atoms with van der Waals surface area (Å²) in [5, 5.41) is 0. The molecular weight excluding hydrogens is 100 g/mol. The largest absolute Gasteiger partial charge is 0.0702 e. The first kappa shape index (κ1) is 6.26. The maximum atomic E-state index is 2.77. The van der Waals surface area contributed by atoms with Crippen LogP contribution in [0.3, 0.4) is 0 Å². The first-order valence-electron chi connectivity index (χ1n) is 1.83. The molecule has 0 unspecified atom stereocenters. The van der Waals surface area contributed by atoms with Crippen LogP contribution in [0.4, 0.5) is 0 Å². The number of hydrogen-bond donors (Lipinski definition) is 0. The van der Waals surface area contributed by atoms with E-state index in [1.54, 1.807) is 0 Å². The third-order valence-electron chi connectivity index (χ3n) is 0.554. The summed E-state index contributed by atoms with van der Waals surface area (Å²) in [5.74, 6) is 0. The van der Waals surface area contributed by atoms with Crippen molar-refractivity contribution in [3.05, 3.63) is 36.4 Å². The maximum Gasteiger partial charge on any atom is 0 e. The van der Waals surface area contributed by atoms with E-state index in [-0.39, 0.29) is 11.0 Å². The molecule has 0 spiro atoms. The van der Waals surface area contributed by atoms with Crippen LogP contribution in [0.2, 0.25) is 0 Å². The predicted octanol–water partition coefficient (Wildman–Crippen LogP) is 0.906. The van der Waals surface area contributed by atoms with Crippen LogP contribution in [0.15, 0.2) is 24.3 Å². The van der Waals surface area contributed by atoms with Gasteiger partial charge in [-0.3, -0.25) is 0 Å². The SMILES string of the molecule is [Si].c1ccccc#1. The van der Waals surface area contributed by atoms with Crippen LogP contribution in [0.5, 0.6) is 0 Å². The molecule has 1 aromatic rings. The summed E-state index contributed by atoms with van der Waals surface area (Å²) < 4.78 is 0. The minimum atomic E-state index is 0. The molecule has 0 amide bonds. The molecule has 0 saturated carbocycles. The molecule has 1 rings (SSSR count). The Bertz CT molecular complexity index is 76.1. The van der Waals surface area contributed by atoms with Gasteiger partial charge in [0, 0.05) is 11.0 Å². The zero-order valence-corrected chi connectivity index (χ0v) is 4.81. The Kier molecular flexibility index (Phi) is 3.08. The smallest absolute Gasteiger partial charge is 0 e. The first-order chi connectivity index (χ1) is 3.00. The van der Waals surface area contributed by atoms with Crippen molar-refractivity contribution in [3.8, 4) is 0 Å². The highest BCUT2D eigenvalue weighted by atomic mass is 28.1. The predicted molar refractivity (Wildman–Crippen MR) is 29.9 cm³/mol. The van der Waals surface area contributed by atoms with Gasteiger partial charge in [0.25, 0.3) is 0 Å². The topological polar surface area (TPSA) is 0 Å². The van der Waals surface area contributed by atoms with Crippen LogP contribution in [0, 0.1) is 12.1 Å². The van der Waals surface area contributed by atoms with Gasteiger partial charge < -0.3 is 0 Å². The lowest BCUT2D eigenvalue weighted by atomic mass is 10.4. The molecule has 0 aliphatic rings. The normalized spacial score (nSPS) is 5.71. The fraction of sp³-hybridized carbons (Fsp3) is 0. The van der Waals surface area contributed by atoms with E-state index < -0.39 is 0 Å². The van der Waals surface area contributed by atoms with Gasteiger partial charge in [-0.1, -0.05) is 24.3 Å². The lowest BCUT2D eigenvalue weighted by Crippen LogP contribution is -1.43. The molecule has 0 aromatic heterocycles. The van der Waals surface area contributed by atoms with E-state index in [9.17, 15) is 0 Å². The summed E-state index contributed by atoms with van der Waals surface area (Å²) >= 11 is 0. The van der Waals surface area contributed by atoms with Crippen LogP contribution in [-0.2, 0) is 0 Å². The summed E-state index contributed by atoms with van der Waals surface area (Å²) in [7, 11) is 0. The molecule has 0 bridgehead atoms. The molecule has 32 valence electrons. The Labute approximate surface area is 48.2 Å². The third kappa shape index (κ3) is 2.02. The molecule has 0 aliphatic heterocycles. The zero-order valence-electron chi connectivity index (χ0n) is 3.81. The Balaban J connectivity index is 0.000000360. The van der Waals surface area contributed by atoms with Gasteiger partial charge in [0.1, 0.15) is 0 Å². The van der Waals surface area contributed by atoms with E-state index in [1.165, 1.54) is 0 Å². The molecule has 0 saturated heterocycles. The summed E-state index contributed by atoms with van der Waals surface area (Å²) in [4.78, 5) is 0. The van der Waals surface area contributed by atoms with Crippen molar-refractivity contribution in [2.75, 3.05) is 0 Å². The van der Waals surface area contributed by atoms with Crippen LogP contribution in [0.1, 0.15) is 0 Å². The van der Waals surface area contributed by atoms with E-state index >= 15 is 0 Å². The molecule has 0 N–H and O–H groups in total. The van der Waals surface area contributed by atoms with E-state index in [1.807, 2.05) is 24.3 Å². The molecule has 1 heteroatoms. The minimum Gasteiger partial charge on any atom is -0.0702 e. The van der Waals surface area contributed by atoms with Crippen molar-refractivity contribution in [3.63, 3.8) is 0 Å². The number of rotatable bonds is 0. The summed E-state index contributed by atoms with van der Waals surface area (Å²) in [6.45, 7) is 0. The third-order valence-corrected chi connectivity index (χ3v) is 0.554. The Morgan fingerprint density at radius 3 is 1.43 bits per heavy atom. The highest BCUT2D eigenvalue weighted by molar-refractivity contribution is 5.75. The van der Waals surface area contributed by atoms with Gasteiger partial charge in [0.05, 0.1) is 0 Å². The van der Waals surface area contributed by atoms with Crippen molar-refractivity contribution in [1.82, 2.24) is 0 Å². The molecule has 0 fully saturated rings. The standard InChI is InChI=1S/C6H4.Si/c1-2-4-6-5-3-1;/h1-4H;. The molecule has 0 aliphatic carbocycles. The molecule has 0 atom stereocenters. The Hall–Kier alpha value is -0.743. The van der Waals surface area contributed by atoms with Crippen LogP contribution in [0.25, 0.3) is 0 Å². The maximum absolute atomic E-state index is 2.77. The van der Waals surface area contributed by atoms with Gasteiger partial charge in [0.15, 0.2) is 0 Å². The molecule has 7 heavy (non-hydrogen) atoms. The van der Waals surface area contributed by atoms with Crippen LogP contribution >= 0.6 is 0 Å². The Morgan fingerprint density at radius 2 is 1.29 bits per heavy atom. The minimum absolute atomic E-state index is 0. The van der Waals surface area contributed by atoms with Crippen LogP contribution < -0.4 is 0 Å². The molecule has 1 aromatic carbocycles. The van der Waals surface area contributed by atoms with Crippen molar-refractivity contribution < 1.29 is 0 Å². The highest BCUT2D eigenvalue weighted by Gasteiger charge is 1.53. The summed E-state index contributed by atoms with van der Waals surface area (Å²) in [6.07, 6.45) is 0. The van der Waals surface area contributed by atoms with Crippen molar-refractivity contribution in [2.45, 2.75) is 0 Å². The van der Waals surface area contributed by atoms with E-state index in [4.69, 9.17) is 0 Å². The van der Waals surface area contributed by atoms with Crippen molar-refractivity contribution in [1.29, 1.82) is 0 Å². The number of hydrogen-bond acceptors (Lipinski definition) is 0. The van der Waals surface area contributed by atoms with Crippen molar-refractivity contribution in [2.24, 2.45) is 0 Å². The fourth-order valence-electron chi connectivity index (χ4n) is 0.304. The van der Waals surface area contributed by atoms with Gasteiger partial charge >= 0.3 is 0 Å². The second-order valence-corrected chi connectivity index (χ2v) is 1.01. The van der Waals surface area contributed by atoms with E-state index in [0.29, 0.717) is 0 Å². The van der Waals surface area contributed by atoms with E-state index in [2.05, 4.69) is 12.1 Å². The second-order valence-electron chi connectivity index (χ2n) is 1.01. The van der Waals surface area contributed by atoms with Gasteiger partial charge in [-0.2, -0.15) is 0 Å². The highest BCUT2D eigenvalue weighted by Crippen LogP contribution is 1.71. The second kappa shape index (κ2) is 3.45. The fourth-order valence-corrected chi connectivity index (χ4v) is 0.304. The molecule has 0 nitrogen and oxygen atoms in total. The van der Waals surface area contributed by atoms with E-state index in [0.717, 1.165) is 0 Å². The lowest BCUT2D eigenvalue weighted by molar-refractivity contribution is 1.76. The molecule has 4 radical (unpaired) electrons. The molecular formula is C6H4Si. The van der Waals surface area contributed by atoms with Crippen molar-refractivity contribution >= 4 is 11.0 Å².